The first-order valence-electron chi connectivity index (χ1n) is 8.89. The van der Waals surface area contributed by atoms with E-state index >= 15 is 0 Å². The highest BCUT2D eigenvalue weighted by molar-refractivity contribution is 5.81. The average Bonchev–Trinajstić information content (AvgIpc) is 2.89. The van der Waals surface area contributed by atoms with Gasteiger partial charge in [-0.3, -0.25) is 9.69 Å². The van der Waals surface area contributed by atoms with Gasteiger partial charge in [-0.15, -0.1) is 0 Å². The Hall–Kier alpha value is -1.59. The van der Waals surface area contributed by atoms with Gasteiger partial charge in [0.15, 0.2) is 0 Å². The second-order valence-electron chi connectivity index (χ2n) is 6.64. The van der Waals surface area contributed by atoms with Crippen molar-refractivity contribution >= 4 is 5.91 Å². The molecule has 5 heteroatoms. The maximum atomic E-state index is 12.5. The van der Waals surface area contributed by atoms with Gasteiger partial charge in [0.2, 0.25) is 5.91 Å². The van der Waals surface area contributed by atoms with Crippen LogP contribution in [0.2, 0.25) is 0 Å². The third-order valence-corrected chi connectivity index (χ3v) is 4.87. The van der Waals surface area contributed by atoms with Crippen molar-refractivity contribution in [1.82, 2.24) is 10.2 Å². The van der Waals surface area contributed by atoms with Crippen LogP contribution in [0.5, 0.6) is 5.75 Å². The van der Waals surface area contributed by atoms with Gasteiger partial charge >= 0.3 is 0 Å². The number of hydrogen-bond donors (Lipinski definition) is 2. The lowest BCUT2D eigenvalue weighted by molar-refractivity contribution is -0.127. The minimum atomic E-state index is -0.740. The van der Waals surface area contributed by atoms with E-state index in [9.17, 15) is 9.90 Å². The molecule has 3 atom stereocenters. The highest BCUT2D eigenvalue weighted by Gasteiger charge is 2.25. The van der Waals surface area contributed by atoms with E-state index in [2.05, 4.69) is 10.2 Å². The fraction of sp³-hybridized carbons (Fsp3) is 0.632. The highest BCUT2D eigenvalue weighted by atomic mass is 16.5. The van der Waals surface area contributed by atoms with E-state index in [0.717, 1.165) is 37.2 Å². The monoisotopic (exact) mass is 334 g/mol. The molecule has 134 valence electrons. The number of benzene rings is 1. The summed E-state index contributed by atoms with van der Waals surface area (Å²) in [7, 11) is 1.61. The summed E-state index contributed by atoms with van der Waals surface area (Å²) in [5.41, 5.74) is 0.769. The molecule has 1 aromatic carbocycles. The van der Waals surface area contributed by atoms with Gasteiger partial charge in [0.1, 0.15) is 5.75 Å². The molecule has 0 saturated carbocycles. The molecule has 0 aliphatic carbocycles. The third-order valence-electron chi connectivity index (χ3n) is 4.87. The maximum absolute atomic E-state index is 12.5. The van der Waals surface area contributed by atoms with Gasteiger partial charge in [0, 0.05) is 0 Å². The van der Waals surface area contributed by atoms with E-state index in [1.54, 1.807) is 7.11 Å². The molecule has 2 rings (SSSR count). The van der Waals surface area contributed by atoms with Crippen molar-refractivity contribution in [3.63, 3.8) is 0 Å². The van der Waals surface area contributed by atoms with Crippen LogP contribution in [0.15, 0.2) is 24.3 Å². The fourth-order valence-corrected chi connectivity index (χ4v) is 3.16. The van der Waals surface area contributed by atoms with Crippen molar-refractivity contribution in [1.29, 1.82) is 0 Å². The van der Waals surface area contributed by atoms with Crippen molar-refractivity contribution in [3.05, 3.63) is 29.8 Å². The summed E-state index contributed by atoms with van der Waals surface area (Å²) in [4.78, 5) is 14.8. The summed E-state index contributed by atoms with van der Waals surface area (Å²) >= 11 is 0. The molecule has 2 N–H and O–H groups in total. The lowest BCUT2D eigenvalue weighted by Crippen LogP contribution is -2.49. The van der Waals surface area contributed by atoms with Crippen LogP contribution in [-0.2, 0) is 4.79 Å². The number of rotatable bonds is 6. The first-order chi connectivity index (χ1) is 11.5. The van der Waals surface area contributed by atoms with Gasteiger partial charge < -0.3 is 15.2 Å². The second kappa shape index (κ2) is 9.04. The number of carbonyl (C=O) groups is 1. The number of aliphatic hydroxyl groups excluding tert-OH is 1. The van der Waals surface area contributed by atoms with Crippen LogP contribution < -0.4 is 10.1 Å². The van der Waals surface area contributed by atoms with Crippen molar-refractivity contribution in [3.8, 4) is 5.75 Å². The molecular formula is C19H30N2O3. The van der Waals surface area contributed by atoms with E-state index in [-0.39, 0.29) is 18.0 Å². The average molecular weight is 334 g/mol. The predicted molar refractivity (Wildman–Crippen MR) is 95.1 cm³/mol. The van der Waals surface area contributed by atoms with E-state index in [1.165, 1.54) is 12.8 Å². The number of nitrogens with one attached hydrogen (secondary N) is 1. The van der Waals surface area contributed by atoms with E-state index in [0.29, 0.717) is 0 Å². The van der Waals surface area contributed by atoms with Crippen LogP contribution in [0.1, 0.15) is 51.2 Å². The van der Waals surface area contributed by atoms with Crippen molar-refractivity contribution in [2.24, 2.45) is 0 Å². The zero-order valence-electron chi connectivity index (χ0n) is 15.0. The smallest absolute Gasteiger partial charge is 0.237 e. The first-order valence-corrected chi connectivity index (χ1v) is 8.89. The van der Waals surface area contributed by atoms with Crippen LogP contribution in [0.4, 0.5) is 0 Å². The molecule has 0 aromatic heterocycles. The molecule has 1 aromatic rings. The fourth-order valence-electron chi connectivity index (χ4n) is 3.16. The Bertz CT molecular complexity index is 510. The predicted octanol–water partition coefficient (Wildman–Crippen LogP) is 2.50. The van der Waals surface area contributed by atoms with Gasteiger partial charge in [-0.05, 0) is 57.5 Å². The van der Waals surface area contributed by atoms with Gasteiger partial charge in [0.05, 0.1) is 25.3 Å². The molecule has 1 amide bonds. The number of likely N-dealkylation sites (tertiary alicyclic amines) is 1. The molecule has 3 unspecified atom stereocenters. The number of methoxy groups -OCH3 is 1. The van der Waals surface area contributed by atoms with Gasteiger partial charge in [-0.1, -0.05) is 25.0 Å². The Morgan fingerprint density at radius 1 is 1.12 bits per heavy atom. The first kappa shape index (κ1) is 18.7. The molecule has 1 aliphatic heterocycles. The van der Waals surface area contributed by atoms with E-state index in [1.807, 2.05) is 38.1 Å². The topological polar surface area (TPSA) is 61.8 Å². The summed E-state index contributed by atoms with van der Waals surface area (Å²) in [6, 6.07) is 6.77. The lowest BCUT2D eigenvalue weighted by Gasteiger charge is -2.29. The molecular weight excluding hydrogens is 304 g/mol. The van der Waals surface area contributed by atoms with Crippen molar-refractivity contribution < 1.29 is 14.6 Å². The number of ether oxygens (including phenoxy) is 1. The minimum absolute atomic E-state index is 0.0167. The molecule has 1 fully saturated rings. The van der Waals surface area contributed by atoms with E-state index < -0.39 is 6.10 Å². The Kier molecular flexibility index (Phi) is 7.06. The number of nitrogens with zero attached hydrogens (tertiary/aromatic N) is 1. The molecule has 5 nitrogen and oxygen atoms in total. The highest BCUT2D eigenvalue weighted by Crippen LogP contribution is 2.20. The van der Waals surface area contributed by atoms with Crippen LogP contribution in [0.3, 0.4) is 0 Å². The molecule has 0 spiro atoms. The van der Waals surface area contributed by atoms with Crippen LogP contribution in [0.25, 0.3) is 0 Å². The van der Waals surface area contributed by atoms with Gasteiger partial charge in [-0.25, -0.2) is 0 Å². The van der Waals surface area contributed by atoms with Gasteiger partial charge in [0.25, 0.3) is 0 Å². The summed E-state index contributed by atoms with van der Waals surface area (Å²) in [5, 5.41) is 13.4. The SMILES string of the molecule is COc1ccc(C(O)C(C)NC(=O)C(C)N2CCCCCC2)cc1. The third kappa shape index (κ3) is 4.95. The number of carbonyl (C=O) groups excluding carboxylic acids is 1. The largest absolute Gasteiger partial charge is 0.497 e. The van der Waals surface area contributed by atoms with Crippen molar-refractivity contribution in [2.45, 2.75) is 57.7 Å². The Labute approximate surface area is 145 Å². The van der Waals surface area contributed by atoms with Crippen LogP contribution >= 0.6 is 0 Å². The molecule has 0 bridgehead atoms. The van der Waals surface area contributed by atoms with E-state index in [4.69, 9.17) is 4.74 Å². The number of hydrogen-bond acceptors (Lipinski definition) is 4. The lowest BCUT2D eigenvalue weighted by atomic mass is 10.0. The molecule has 0 radical (unpaired) electrons. The minimum Gasteiger partial charge on any atom is -0.497 e. The normalized spacial score (nSPS) is 19.8. The summed E-state index contributed by atoms with van der Waals surface area (Å²) in [6.07, 6.45) is 4.06. The van der Waals surface area contributed by atoms with Gasteiger partial charge in [-0.2, -0.15) is 0 Å². The summed E-state index contributed by atoms with van der Waals surface area (Å²) in [6.45, 7) is 5.74. The quantitative estimate of drug-likeness (QED) is 0.839. The second-order valence-corrected chi connectivity index (χ2v) is 6.64. The van der Waals surface area contributed by atoms with Crippen molar-refractivity contribution in [2.75, 3.05) is 20.2 Å². The Morgan fingerprint density at radius 3 is 2.25 bits per heavy atom. The van der Waals surface area contributed by atoms with Crippen LogP contribution in [0, 0.1) is 0 Å². The molecule has 24 heavy (non-hydrogen) atoms. The maximum Gasteiger partial charge on any atom is 0.237 e. The zero-order valence-corrected chi connectivity index (χ0v) is 15.0. The zero-order chi connectivity index (χ0) is 17.5. The molecule has 1 aliphatic rings. The standard InChI is InChI=1S/C19H30N2O3/c1-14(18(22)16-8-10-17(24-3)11-9-16)20-19(23)15(2)21-12-6-4-5-7-13-21/h8-11,14-15,18,22H,4-7,12-13H2,1-3H3,(H,20,23). The summed E-state index contributed by atoms with van der Waals surface area (Å²) in [5.74, 6) is 0.731. The number of amides is 1. The Morgan fingerprint density at radius 2 is 1.71 bits per heavy atom. The molecule has 1 heterocycles. The summed E-state index contributed by atoms with van der Waals surface area (Å²) < 4.78 is 5.13. The Balaban J connectivity index is 1.91. The van der Waals surface area contributed by atoms with Crippen LogP contribution in [-0.4, -0.2) is 48.2 Å². The molecule has 1 saturated heterocycles. The number of aliphatic hydroxyl groups is 1.